The van der Waals surface area contributed by atoms with Gasteiger partial charge in [-0.1, -0.05) is 0 Å². The average Bonchev–Trinajstić information content (AvgIpc) is 1.35. The zero-order valence-corrected chi connectivity index (χ0v) is 6.53. The van der Waals surface area contributed by atoms with Gasteiger partial charge in [-0.05, 0) is 0 Å². The molecule has 0 N–H and O–H groups in total. The Bertz CT molecular complexity index is 33.7. The Morgan fingerprint density at radius 3 is 1.67 bits per heavy atom. The van der Waals surface area contributed by atoms with E-state index in [9.17, 15) is 0 Å². The molecule has 0 aromatic rings. The van der Waals surface area contributed by atoms with E-state index in [0.717, 1.165) is 0 Å². The standard InChI is InChI=1S/C5H11As/c1-4-5(2,3)6/h4H2,1-3H3. The summed E-state index contributed by atoms with van der Waals surface area (Å²) in [5.41, 5.74) is 0. The fourth-order valence-electron chi connectivity index (χ4n) is 0. The van der Waals surface area contributed by atoms with Crippen LogP contribution < -0.4 is 0 Å². The predicted molar refractivity (Wildman–Crippen MR) is 30.1 cm³/mol. The first-order valence-corrected chi connectivity index (χ1v) is 3.22. The van der Waals surface area contributed by atoms with E-state index in [4.69, 9.17) is 0 Å². The maximum atomic E-state index is 2.65. The molecule has 0 spiro atoms. The SMILES string of the molecule is CCC(C)(C)[As]. The van der Waals surface area contributed by atoms with Gasteiger partial charge in [-0.15, -0.1) is 0 Å². The zero-order chi connectivity index (χ0) is 5.21. The Kier molecular flexibility index (Phi) is 2.21. The summed E-state index contributed by atoms with van der Waals surface area (Å²) in [6.45, 7) is 6.62. The maximum absolute atomic E-state index is 2.65. The van der Waals surface area contributed by atoms with Crippen LogP contribution in [0.1, 0.15) is 27.2 Å². The van der Waals surface area contributed by atoms with E-state index < -0.39 is 0 Å². The first-order chi connectivity index (χ1) is 2.56. The van der Waals surface area contributed by atoms with Gasteiger partial charge in [0.25, 0.3) is 0 Å². The topological polar surface area (TPSA) is 0 Å². The Morgan fingerprint density at radius 2 is 1.67 bits per heavy atom. The Balaban J connectivity index is 3.17. The van der Waals surface area contributed by atoms with Crippen LogP contribution in [-0.2, 0) is 0 Å². The monoisotopic (exact) mass is 146 g/mol. The molecule has 0 heterocycles. The predicted octanol–water partition coefficient (Wildman–Crippen LogP) is 1.76. The van der Waals surface area contributed by atoms with Crippen LogP contribution >= 0.6 is 0 Å². The van der Waals surface area contributed by atoms with Gasteiger partial charge in [-0.2, -0.15) is 0 Å². The molecular weight excluding hydrogens is 135 g/mol. The van der Waals surface area contributed by atoms with Crippen LogP contribution in [0.25, 0.3) is 0 Å². The molecule has 0 saturated heterocycles. The van der Waals surface area contributed by atoms with E-state index in [2.05, 4.69) is 37.6 Å². The Hall–Kier alpha value is 0.558. The summed E-state index contributed by atoms with van der Waals surface area (Å²) in [6.07, 6.45) is 1.24. The van der Waals surface area contributed by atoms with Gasteiger partial charge in [-0.25, -0.2) is 0 Å². The van der Waals surface area contributed by atoms with Crippen molar-refractivity contribution in [2.75, 3.05) is 0 Å². The summed E-state index contributed by atoms with van der Waals surface area (Å²) in [6, 6.07) is 0. The van der Waals surface area contributed by atoms with Crippen molar-refractivity contribution >= 4 is 16.9 Å². The first-order valence-electron chi connectivity index (χ1n) is 2.28. The van der Waals surface area contributed by atoms with Crippen molar-refractivity contribution in [2.45, 2.75) is 31.4 Å². The quantitative estimate of drug-likeness (QED) is 0.494. The molecule has 0 rings (SSSR count). The molecular formula is C5H11As. The molecule has 0 aromatic carbocycles. The van der Waals surface area contributed by atoms with Crippen LogP contribution in [0.5, 0.6) is 0 Å². The third kappa shape index (κ3) is 4.56. The fraction of sp³-hybridized carbons (Fsp3) is 1.00. The van der Waals surface area contributed by atoms with E-state index in [1.165, 1.54) is 6.42 Å². The molecule has 0 aliphatic heterocycles. The molecule has 0 atom stereocenters. The molecule has 36 valence electrons. The second-order valence-electron chi connectivity index (χ2n) is 2.17. The third-order valence-corrected chi connectivity index (χ3v) is 1.53. The average molecular weight is 146 g/mol. The van der Waals surface area contributed by atoms with E-state index in [1.54, 1.807) is 0 Å². The summed E-state index contributed by atoms with van der Waals surface area (Å²) in [5, 5.41) is 0. The van der Waals surface area contributed by atoms with E-state index in [-0.39, 0.29) is 0 Å². The molecule has 0 aliphatic carbocycles. The van der Waals surface area contributed by atoms with Gasteiger partial charge in [0.15, 0.2) is 0 Å². The first kappa shape index (κ1) is 6.56. The van der Waals surface area contributed by atoms with Gasteiger partial charge in [0.05, 0.1) is 0 Å². The minimum atomic E-state index is 0.479. The normalized spacial score (nSPS) is 12.0. The van der Waals surface area contributed by atoms with Crippen molar-refractivity contribution < 1.29 is 0 Å². The van der Waals surface area contributed by atoms with Crippen LogP contribution in [0.3, 0.4) is 0 Å². The van der Waals surface area contributed by atoms with Gasteiger partial charge in [0, 0.05) is 0 Å². The van der Waals surface area contributed by atoms with Crippen LogP contribution in [0.15, 0.2) is 0 Å². The summed E-state index contributed by atoms with van der Waals surface area (Å²) in [4.78, 5) is 0. The summed E-state index contributed by atoms with van der Waals surface area (Å²) >= 11 is 2.65. The second kappa shape index (κ2) is 2.02. The molecule has 0 fully saturated rings. The molecule has 0 unspecified atom stereocenters. The van der Waals surface area contributed by atoms with Crippen LogP contribution in [-0.4, -0.2) is 16.9 Å². The van der Waals surface area contributed by atoms with Crippen molar-refractivity contribution in [3.05, 3.63) is 0 Å². The Morgan fingerprint density at radius 1 is 1.50 bits per heavy atom. The summed E-state index contributed by atoms with van der Waals surface area (Å²) in [5.74, 6) is 0. The molecule has 1 heteroatoms. The van der Waals surface area contributed by atoms with E-state index in [1.807, 2.05) is 0 Å². The van der Waals surface area contributed by atoms with Crippen LogP contribution in [0.2, 0.25) is 4.20 Å². The van der Waals surface area contributed by atoms with Crippen molar-refractivity contribution in [3.8, 4) is 0 Å². The van der Waals surface area contributed by atoms with Crippen molar-refractivity contribution in [1.82, 2.24) is 0 Å². The molecule has 2 radical (unpaired) electrons. The molecule has 0 aromatic heterocycles. The van der Waals surface area contributed by atoms with Gasteiger partial charge in [0.1, 0.15) is 0 Å². The molecule has 0 amide bonds. The zero-order valence-electron chi connectivity index (χ0n) is 4.65. The van der Waals surface area contributed by atoms with E-state index >= 15 is 0 Å². The van der Waals surface area contributed by atoms with Gasteiger partial charge in [-0.3, -0.25) is 0 Å². The second-order valence-corrected chi connectivity index (χ2v) is 4.71. The number of rotatable bonds is 1. The summed E-state index contributed by atoms with van der Waals surface area (Å²) in [7, 11) is 0. The van der Waals surface area contributed by atoms with Crippen LogP contribution in [0, 0.1) is 0 Å². The molecule has 6 heavy (non-hydrogen) atoms. The van der Waals surface area contributed by atoms with E-state index in [0.29, 0.717) is 4.20 Å². The van der Waals surface area contributed by atoms with Crippen molar-refractivity contribution in [1.29, 1.82) is 0 Å². The number of hydrogen-bond donors (Lipinski definition) is 0. The summed E-state index contributed by atoms with van der Waals surface area (Å²) < 4.78 is 0.479. The van der Waals surface area contributed by atoms with Crippen molar-refractivity contribution in [2.24, 2.45) is 0 Å². The third-order valence-electron chi connectivity index (χ3n) is 0.865. The van der Waals surface area contributed by atoms with Gasteiger partial charge >= 0.3 is 48.2 Å². The molecule has 0 saturated carbocycles. The Labute approximate surface area is 48.8 Å². The molecule has 0 aliphatic rings. The molecule has 0 bridgehead atoms. The molecule has 0 nitrogen and oxygen atoms in total. The van der Waals surface area contributed by atoms with Gasteiger partial charge in [0.2, 0.25) is 0 Å². The number of hydrogen-bond acceptors (Lipinski definition) is 0. The van der Waals surface area contributed by atoms with Crippen molar-refractivity contribution in [3.63, 3.8) is 0 Å². The van der Waals surface area contributed by atoms with Crippen LogP contribution in [0.4, 0.5) is 0 Å². The fourth-order valence-corrected chi connectivity index (χ4v) is 0. The minimum absolute atomic E-state index is 0.479. The van der Waals surface area contributed by atoms with Gasteiger partial charge < -0.3 is 0 Å².